The maximum atomic E-state index is 12.7. The summed E-state index contributed by atoms with van der Waals surface area (Å²) in [6.45, 7) is 1.09. The van der Waals surface area contributed by atoms with E-state index in [4.69, 9.17) is 11.6 Å². The quantitative estimate of drug-likeness (QED) is 0.515. The molecule has 1 heterocycles. The number of nitrogens with zero attached hydrogens (tertiary/aromatic N) is 3. The van der Waals surface area contributed by atoms with Crippen molar-refractivity contribution in [2.45, 2.75) is 4.90 Å². The Balaban J connectivity index is 1.80. The summed E-state index contributed by atoms with van der Waals surface area (Å²) in [4.78, 5) is 12.8. The number of piperazine rings is 1. The van der Waals surface area contributed by atoms with Crippen LogP contribution in [0.5, 0.6) is 0 Å². The molecule has 1 aliphatic rings. The highest BCUT2D eigenvalue weighted by atomic mass is 79.9. The van der Waals surface area contributed by atoms with Crippen LogP contribution >= 0.6 is 27.5 Å². The third-order valence-corrected chi connectivity index (χ3v) is 6.91. The van der Waals surface area contributed by atoms with Gasteiger partial charge in [0.2, 0.25) is 10.0 Å². The third-order valence-electron chi connectivity index (χ3n) is 4.17. The van der Waals surface area contributed by atoms with Gasteiger partial charge in [-0.05, 0) is 30.3 Å². The van der Waals surface area contributed by atoms with Gasteiger partial charge in [-0.25, -0.2) is 8.42 Å². The fourth-order valence-corrected chi connectivity index (χ4v) is 4.85. The molecule has 0 bridgehead atoms. The molecular weight excluding hydrogens is 446 g/mol. The molecule has 1 aliphatic heterocycles. The SMILES string of the molecule is O=[N+]([O-])c1cccc(Cl)c1N1CCN(S(=O)(=O)c2ccc(Br)cc2)CC1. The van der Waals surface area contributed by atoms with Gasteiger partial charge in [0, 0.05) is 36.7 Å². The Kier molecular flexibility index (Phi) is 5.52. The van der Waals surface area contributed by atoms with Crippen LogP contribution in [-0.2, 0) is 10.0 Å². The fourth-order valence-electron chi connectivity index (χ4n) is 2.87. The minimum Gasteiger partial charge on any atom is -0.362 e. The Hall–Kier alpha value is -1.68. The Labute approximate surface area is 164 Å². The smallest absolute Gasteiger partial charge is 0.294 e. The minimum atomic E-state index is -3.60. The van der Waals surface area contributed by atoms with E-state index in [1.807, 2.05) is 0 Å². The zero-order valence-electron chi connectivity index (χ0n) is 13.5. The van der Waals surface area contributed by atoms with Crippen LogP contribution in [0.2, 0.25) is 5.02 Å². The van der Waals surface area contributed by atoms with E-state index in [-0.39, 0.29) is 28.7 Å². The number of halogens is 2. The van der Waals surface area contributed by atoms with Crippen LogP contribution in [0.15, 0.2) is 51.8 Å². The first-order chi connectivity index (χ1) is 12.3. The van der Waals surface area contributed by atoms with E-state index in [1.54, 1.807) is 35.2 Å². The van der Waals surface area contributed by atoms with Crippen molar-refractivity contribution in [1.29, 1.82) is 0 Å². The lowest BCUT2D eigenvalue weighted by Gasteiger charge is -2.35. The molecular formula is C16H15BrClN3O4S. The minimum absolute atomic E-state index is 0.0817. The summed E-state index contributed by atoms with van der Waals surface area (Å²) in [5, 5.41) is 11.5. The normalized spacial score (nSPS) is 15.8. The number of benzene rings is 2. The Morgan fingerprint density at radius 2 is 1.65 bits per heavy atom. The van der Waals surface area contributed by atoms with Gasteiger partial charge in [-0.2, -0.15) is 4.31 Å². The summed E-state index contributed by atoms with van der Waals surface area (Å²) in [7, 11) is -3.60. The van der Waals surface area contributed by atoms with E-state index in [9.17, 15) is 18.5 Å². The molecule has 0 amide bonds. The van der Waals surface area contributed by atoms with E-state index in [1.165, 1.54) is 16.4 Å². The van der Waals surface area contributed by atoms with E-state index in [0.717, 1.165) is 4.47 Å². The summed E-state index contributed by atoms with van der Waals surface area (Å²) in [6, 6.07) is 11.0. The van der Waals surface area contributed by atoms with Gasteiger partial charge in [-0.15, -0.1) is 0 Å². The van der Waals surface area contributed by atoms with Crippen molar-refractivity contribution in [2.24, 2.45) is 0 Å². The zero-order chi connectivity index (χ0) is 18.9. The van der Waals surface area contributed by atoms with Gasteiger partial charge in [0.15, 0.2) is 0 Å². The monoisotopic (exact) mass is 459 g/mol. The number of anilines is 1. The summed E-state index contributed by atoms with van der Waals surface area (Å²) in [6.07, 6.45) is 0. The number of nitro groups is 1. The molecule has 26 heavy (non-hydrogen) atoms. The maximum Gasteiger partial charge on any atom is 0.294 e. The molecule has 7 nitrogen and oxygen atoms in total. The van der Waals surface area contributed by atoms with E-state index in [2.05, 4.69) is 15.9 Å². The highest BCUT2D eigenvalue weighted by Crippen LogP contribution is 2.36. The number of nitro benzene ring substituents is 1. The molecule has 0 spiro atoms. The van der Waals surface area contributed by atoms with Crippen LogP contribution < -0.4 is 4.90 Å². The summed E-state index contributed by atoms with van der Waals surface area (Å²) in [5.41, 5.74) is 0.251. The number of sulfonamides is 1. The van der Waals surface area contributed by atoms with Crippen LogP contribution in [0.1, 0.15) is 0 Å². The third kappa shape index (κ3) is 3.71. The molecule has 1 saturated heterocycles. The average Bonchev–Trinajstić information content (AvgIpc) is 2.62. The molecule has 0 unspecified atom stereocenters. The van der Waals surface area contributed by atoms with Gasteiger partial charge >= 0.3 is 0 Å². The second kappa shape index (κ2) is 7.51. The molecule has 2 aromatic carbocycles. The molecule has 0 aliphatic carbocycles. The highest BCUT2D eigenvalue weighted by Gasteiger charge is 2.31. The summed E-state index contributed by atoms with van der Waals surface area (Å²) in [5.74, 6) is 0. The van der Waals surface area contributed by atoms with Crippen molar-refractivity contribution in [2.75, 3.05) is 31.1 Å². The van der Waals surface area contributed by atoms with Crippen molar-refractivity contribution in [3.05, 3.63) is 62.1 Å². The van der Waals surface area contributed by atoms with Crippen LogP contribution in [0, 0.1) is 10.1 Å². The molecule has 2 aromatic rings. The van der Waals surface area contributed by atoms with Crippen LogP contribution in [-0.4, -0.2) is 43.8 Å². The second-order valence-electron chi connectivity index (χ2n) is 5.71. The Bertz CT molecular complexity index is 929. The van der Waals surface area contributed by atoms with Gasteiger partial charge in [0.25, 0.3) is 5.69 Å². The van der Waals surface area contributed by atoms with Gasteiger partial charge in [-0.1, -0.05) is 33.6 Å². The lowest BCUT2D eigenvalue weighted by molar-refractivity contribution is -0.384. The number of para-hydroxylation sites is 1. The van der Waals surface area contributed by atoms with Crippen molar-refractivity contribution >= 4 is 48.9 Å². The van der Waals surface area contributed by atoms with Crippen LogP contribution in [0.3, 0.4) is 0 Å². The molecule has 138 valence electrons. The largest absolute Gasteiger partial charge is 0.362 e. The molecule has 10 heteroatoms. The zero-order valence-corrected chi connectivity index (χ0v) is 16.7. The second-order valence-corrected chi connectivity index (χ2v) is 8.97. The lowest BCUT2D eigenvalue weighted by atomic mass is 10.2. The number of hydrogen-bond acceptors (Lipinski definition) is 5. The van der Waals surface area contributed by atoms with Crippen molar-refractivity contribution in [1.82, 2.24) is 4.31 Å². The first-order valence-electron chi connectivity index (χ1n) is 7.74. The standard InChI is InChI=1S/C16H15BrClN3O4S/c17-12-4-6-13(7-5-12)26(24,25)20-10-8-19(9-11-20)16-14(18)2-1-3-15(16)21(22)23/h1-7H,8-11H2. The topological polar surface area (TPSA) is 83.8 Å². The maximum absolute atomic E-state index is 12.7. The first-order valence-corrected chi connectivity index (χ1v) is 10.4. The lowest BCUT2D eigenvalue weighted by Crippen LogP contribution is -2.48. The van der Waals surface area contributed by atoms with Gasteiger partial charge in [-0.3, -0.25) is 10.1 Å². The van der Waals surface area contributed by atoms with Crippen molar-refractivity contribution in [3.63, 3.8) is 0 Å². The molecule has 3 rings (SSSR count). The van der Waals surface area contributed by atoms with Crippen LogP contribution in [0.4, 0.5) is 11.4 Å². The molecule has 0 N–H and O–H groups in total. The van der Waals surface area contributed by atoms with E-state index >= 15 is 0 Å². The molecule has 0 saturated carbocycles. The Morgan fingerprint density at radius 3 is 2.23 bits per heavy atom. The molecule has 1 fully saturated rings. The van der Waals surface area contributed by atoms with Crippen molar-refractivity contribution in [3.8, 4) is 0 Å². The summed E-state index contributed by atoms with van der Waals surface area (Å²) < 4.78 is 27.7. The van der Waals surface area contributed by atoms with Gasteiger partial charge in [0.1, 0.15) is 5.69 Å². The van der Waals surface area contributed by atoms with Crippen LogP contribution in [0.25, 0.3) is 0 Å². The number of hydrogen-bond donors (Lipinski definition) is 0. The predicted octanol–water partition coefficient (Wildman–Crippen LogP) is 3.52. The fraction of sp³-hybridized carbons (Fsp3) is 0.250. The van der Waals surface area contributed by atoms with E-state index < -0.39 is 14.9 Å². The predicted molar refractivity (Wildman–Crippen MR) is 103 cm³/mol. The van der Waals surface area contributed by atoms with Crippen molar-refractivity contribution < 1.29 is 13.3 Å². The average molecular weight is 461 g/mol. The number of rotatable bonds is 4. The summed E-state index contributed by atoms with van der Waals surface area (Å²) >= 11 is 9.45. The highest BCUT2D eigenvalue weighted by molar-refractivity contribution is 9.10. The molecule has 0 radical (unpaired) electrons. The molecule has 0 atom stereocenters. The van der Waals surface area contributed by atoms with E-state index in [0.29, 0.717) is 18.8 Å². The molecule has 0 aromatic heterocycles. The first kappa shape index (κ1) is 19.1. The van der Waals surface area contributed by atoms with Gasteiger partial charge < -0.3 is 4.90 Å². The Morgan fingerprint density at radius 1 is 1.04 bits per heavy atom. The van der Waals surface area contributed by atoms with Gasteiger partial charge in [0.05, 0.1) is 14.8 Å².